The Kier molecular flexibility index (Phi) is 7.74. The maximum absolute atomic E-state index is 12.6. The molecule has 0 radical (unpaired) electrons. The summed E-state index contributed by atoms with van der Waals surface area (Å²) in [5.74, 6) is -1.17. The van der Waals surface area contributed by atoms with Crippen molar-refractivity contribution in [3.63, 3.8) is 0 Å². The highest BCUT2D eigenvalue weighted by atomic mass is 16.5. The number of likely N-dealkylation sites (N-methyl/N-ethyl adjacent to an activating group) is 1. The van der Waals surface area contributed by atoms with Crippen molar-refractivity contribution in [3.05, 3.63) is 82.2 Å². The van der Waals surface area contributed by atoms with Gasteiger partial charge in [0.1, 0.15) is 5.76 Å². The van der Waals surface area contributed by atoms with Crippen molar-refractivity contribution >= 4 is 23.5 Å². The second kappa shape index (κ2) is 10.9. The molecule has 0 aliphatic heterocycles. The van der Waals surface area contributed by atoms with Crippen molar-refractivity contribution in [2.75, 3.05) is 18.6 Å². The molecule has 33 heavy (non-hydrogen) atoms. The second-order valence-electron chi connectivity index (χ2n) is 7.09. The first kappa shape index (κ1) is 23.5. The lowest BCUT2D eigenvalue weighted by Gasteiger charge is -2.20. The molecule has 3 aromatic rings. The Balaban J connectivity index is 1.64. The number of ether oxygens (including phenoxy) is 1. The highest BCUT2D eigenvalue weighted by Gasteiger charge is 2.20. The lowest BCUT2D eigenvalue weighted by molar-refractivity contribution is -0.121. The fourth-order valence-electron chi connectivity index (χ4n) is 3.00. The average molecular weight is 452 g/mol. The van der Waals surface area contributed by atoms with Crippen molar-refractivity contribution in [2.24, 2.45) is 0 Å². The van der Waals surface area contributed by atoms with Crippen molar-refractivity contribution in [3.8, 4) is 0 Å². The van der Waals surface area contributed by atoms with Gasteiger partial charge in [0.2, 0.25) is 0 Å². The summed E-state index contributed by atoms with van der Waals surface area (Å²) >= 11 is 0. The van der Waals surface area contributed by atoms with E-state index in [4.69, 9.17) is 9.15 Å². The van der Waals surface area contributed by atoms with Gasteiger partial charge in [0, 0.05) is 19.7 Å². The number of esters is 1. The van der Waals surface area contributed by atoms with Gasteiger partial charge < -0.3 is 19.4 Å². The minimum absolute atomic E-state index is 0.0730. The van der Waals surface area contributed by atoms with E-state index >= 15 is 0 Å². The number of carbonyl (C=O) groups excluding carboxylic acids is 3. The van der Waals surface area contributed by atoms with Crippen LogP contribution in [0.3, 0.4) is 0 Å². The number of rotatable bonds is 9. The summed E-state index contributed by atoms with van der Waals surface area (Å²) in [6.07, 6.45) is 2.18. The van der Waals surface area contributed by atoms with Crippen LogP contribution >= 0.6 is 0 Å². The molecular weight excluding hydrogens is 428 g/mol. The fraction of sp³-hybridized carbons (Fsp3) is 0.261. The number of anilines is 1. The van der Waals surface area contributed by atoms with E-state index in [1.165, 1.54) is 35.0 Å². The van der Waals surface area contributed by atoms with E-state index in [0.29, 0.717) is 24.4 Å². The lowest BCUT2D eigenvalue weighted by atomic mass is 10.1. The van der Waals surface area contributed by atoms with Crippen LogP contribution in [-0.2, 0) is 22.6 Å². The topological polar surface area (TPSA) is 124 Å². The van der Waals surface area contributed by atoms with Crippen molar-refractivity contribution in [2.45, 2.75) is 26.4 Å². The number of hydrogen-bond donors (Lipinski definition) is 1. The molecule has 0 unspecified atom stereocenters. The van der Waals surface area contributed by atoms with E-state index in [1.807, 2.05) is 6.92 Å². The molecule has 0 saturated heterocycles. The van der Waals surface area contributed by atoms with Crippen molar-refractivity contribution in [1.29, 1.82) is 0 Å². The Morgan fingerprint density at radius 3 is 2.64 bits per heavy atom. The summed E-state index contributed by atoms with van der Waals surface area (Å²) in [6.45, 7) is 1.87. The second-order valence-corrected chi connectivity index (χ2v) is 7.09. The highest BCUT2D eigenvalue weighted by Crippen LogP contribution is 2.19. The third kappa shape index (κ3) is 5.94. The summed E-state index contributed by atoms with van der Waals surface area (Å²) in [6, 6.07) is 12.5. The van der Waals surface area contributed by atoms with E-state index in [1.54, 1.807) is 36.4 Å². The lowest BCUT2D eigenvalue weighted by Crippen LogP contribution is -2.34. The zero-order valence-corrected chi connectivity index (χ0v) is 18.3. The van der Waals surface area contributed by atoms with E-state index < -0.39 is 18.5 Å². The van der Waals surface area contributed by atoms with Gasteiger partial charge in [-0.25, -0.2) is 9.48 Å². The Labute approximate surface area is 189 Å². The molecule has 2 heterocycles. The number of hydrogen-bond acceptors (Lipinski definition) is 7. The first-order valence-electron chi connectivity index (χ1n) is 10.3. The van der Waals surface area contributed by atoms with Crippen molar-refractivity contribution < 1.29 is 23.5 Å². The minimum Gasteiger partial charge on any atom is -0.467 e. The predicted octanol–water partition coefficient (Wildman–Crippen LogP) is 2.00. The number of furan rings is 1. The number of benzene rings is 1. The Bertz CT molecular complexity index is 1190. The Morgan fingerprint density at radius 2 is 1.91 bits per heavy atom. The van der Waals surface area contributed by atoms with E-state index in [0.717, 1.165) is 0 Å². The summed E-state index contributed by atoms with van der Waals surface area (Å²) in [7, 11) is 1.48. The van der Waals surface area contributed by atoms with Crippen LogP contribution in [0.25, 0.3) is 0 Å². The number of amides is 2. The Hall–Kier alpha value is -4.21. The summed E-state index contributed by atoms with van der Waals surface area (Å²) in [4.78, 5) is 50.6. The Morgan fingerprint density at radius 1 is 1.12 bits per heavy atom. The standard InChI is InChI=1S/C23H24N4O6/c1-3-12-27-20(28)11-10-18(25-27)23(31)33-15-21(29)26(2)19-9-5-4-8-17(19)22(30)24-14-16-7-6-13-32-16/h4-11,13H,3,12,14-15H2,1-2H3,(H,24,30). The van der Waals surface area contributed by atoms with Crippen molar-refractivity contribution in [1.82, 2.24) is 15.1 Å². The number of carbonyl (C=O) groups is 3. The normalized spacial score (nSPS) is 10.5. The van der Waals surface area contributed by atoms with Gasteiger partial charge in [-0.1, -0.05) is 19.1 Å². The van der Waals surface area contributed by atoms with Gasteiger partial charge in [0.15, 0.2) is 12.3 Å². The predicted molar refractivity (Wildman–Crippen MR) is 119 cm³/mol. The molecule has 1 N–H and O–H groups in total. The first-order chi connectivity index (χ1) is 15.9. The summed E-state index contributed by atoms with van der Waals surface area (Å²) in [5.41, 5.74) is 0.229. The van der Waals surface area contributed by atoms with Crippen LogP contribution in [0.1, 0.15) is 40.0 Å². The number of nitrogens with zero attached hydrogens (tertiary/aromatic N) is 3. The van der Waals surface area contributed by atoms with E-state index in [-0.39, 0.29) is 29.3 Å². The number of aryl methyl sites for hydroxylation is 1. The van der Waals surface area contributed by atoms with Crippen LogP contribution in [0.4, 0.5) is 5.69 Å². The first-order valence-corrected chi connectivity index (χ1v) is 10.3. The smallest absolute Gasteiger partial charge is 0.359 e. The molecule has 0 fully saturated rings. The molecule has 172 valence electrons. The molecule has 0 bridgehead atoms. The number of para-hydroxylation sites is 1. The van der Waals surface area contributed by atoms with Crippen LogP contribution in [0.5, 0.6) is 0 Å². The zero-order valence-electron chi connectivity index (χ0n) is 18.3. The van der Waals surface area contributed by atoms with Crippen LogP contribution in [0.2, 0.25) is 0 Å². The van der Waals surface area contributed by atoms with Crippen LogP contribution < -0.4 is 15.8 Å². The maximum atomic E-state index is 12.6. The third-order valence-electron chi connectivity index (χ3n) is 4.73. The molecule has 0 atom stereocenters. The number of nitrogens with one attached hydrogen (secondary N) is 1. The van der Waals surface area contributed by atoms with E-state index in [2.05, 4.69) is 10.4 Å². The minimum atomic E-state index is -0.828. The molecule has 1 aromatic carbocycles. The maximum Gasteiger partial charge on any atom is 0.359 e. The molecule has 10 heteroatoms. The quantitative estimate of drug-likeness (QED) is 0.493. The molecule has 2 amide bonds. The van der Waals surface area contributed by atoms with Gasteiger partial charge in [-0.3, -0.25) is 14.4 Å². The third-order valence-corrected chi connectivity index (χ3v) is 4.73. The molecule has 0 saturated carbocycles. The van der Waals surface area contributed by atoms with Gasteiger partial charge in [0.25, 0.3) is 17.4 Å². The van der Waals surface area contributed by atoms with Gasteiger partial charge in [-0.15, -0.1) is 0 Å². The molecule has 10 nitrogen and oxygen atoms in total. The van der Waals surface area contributed by atoms with Crippen LogP contribution in [0, 0.1) is 0 Å². The van der Waals surface area contributed by atoms with E-state index in [9.17, 15) is 19.2 Å². The molecular formula is C23H24N4O6. The molecule has 2 aromatic heterocycles. The summed E-state index contributed by atoms with van der Waals surface area (Å²) < 4.78 is 11.5. The van der Waals surface area contributed by atoms with Crippen LogP contribution in [-0.4, -0.2) is 41.2 Å². The largest absolute Gasteiger partial charge is 0.467 e. The van der Waals surface area contributed by atoms with Gasteiger partial charge in [0.05, 0.1) is 24.1 Å². The average Bonchev–Trinajstić information content (AvgIpc) is 3.35. The van der Waals surface area contributed by atoms with Gasteiger partial charge in [-0.2, -0.15) is 5.10 Å². The molecule has 0 spiro atoms. The molecule has 0 aliphatic carbocycles. The fourth-order valence-corrected chi connectivity index (χ4v) is 3.00. The molecule has 0 aliphatic rings. The molecule has 3 rings (SSSR count). The van der Waals surface area contributed by atoms with Gasteiger partial charge >= 0.3 is 5.97 Å². The zero-order chi connectivity index (χ0) is 23.8. The van der Waals surface area contributed by atoms with Gasteiger partial charge in [-0.05, 0) is 36.8 Å². The SMILES string of the molecule is CCCn1nc(C(=O)OCC(=O)N(C)c2ccccc2C(=O)NCc2ccco2)ccc1=O. The number of aromatic nitrogens is 2. The monoisotopic (exact) mass is 452 g/mol. The van der Waals surface area contributed by atoms with Crippen LogP contribution in [0.15, 0.2) is 64.0 Å². The summed E-state index contributed by atoms with van der Waals surface area (Å²) in [5, 5.41) is 6.70. The highest BCUT2D eigenvalue weighted by molar-refractivity contribution is 6.05.